The molecule has 0 aliphatic carbocycles. The highest BCUT2D eigenvalue weighted by molar-refractivity contribution is 7.90. The number of anilines is 1. The van der Waals surface area contributed by atoms with Crippen molar-refractivity contribution in [1.82, 2.24) is 19.8 Å². The molecule has 1 aromatic heterocycles. The number of rotatable bonds is 7. The van der Waals surface area contributed by atoms with E-state index in [0.29, 0.717) is 12.2 Å². The van der Waals surface area contributed by atoms with Gasteiger partial charge in [-0.3, -0.25) is 4.79 Å². The summed E-state index contributed by atoms with van der Waals surface area (Å²) in [6.07, 6.45) is -7.20. The van der Waals surface area contributed by atoms with Gasteiger partial charge in [-0.25, -0.2) is 13.4 Å². The number of imidazole rings is 1. The van der Waals surface area contributed by atoms with Crippen LogP contribution in [-0.2, 0) is 16.4 Å². The molecular weight excluding hydrogens is 616 g/mol. The molecule has 2 heterocycles. The topological polar surface area (TPSA) is 106 Å². The van der Waals surface area contributed by atoms with E-state index in [2.05, 4.69) is 27.5 Å². The zero-order chi connectivity index (χ0) is 32.4. The average Bonchev–Trinajstić information content (AvgIpc) is 3.31. The molecular formula is C28H29F6N5O4S. The molecule has 238 valence electrons. The lowest BCUT2D eigenvalue weighted by atomic mass is 9.91. The molecule has 1 saturated heterocycles. The summed E-state index contributed by atoms with van der Waals surface area (Å²) >= 11 is 0. The third-order valence-electron chi connectivity index (χ3n) is 7.07. The van der Waals surface area contributed by atoms with E-state index in [1.165, 1.54) is 42.3 Å². The molecule has 9 nitrogen and oxygen atoms in total. The molecule has 2 atom stereocenters. The van der Waals surface area contributed by atoms with Crippen LogP contribution in [0, 0.1) is 17.8 Å². The molecule has 1 amide bonds. The van der Waals surface area contributed by atoms with Gasteiger partial charge in [-0.15, -0.1) is 0 Å². The summed E-state index contributed by atoms with van der Waals surface area (Å²) < 4.78 is 111. The lowest BCUT2D eigenvalue weighted by Gasteiger charge is -2.38. The van der Waals surface area contributed by atoms with Crippen molar-refractivity contribution < 1.29 is 44.3 Å². The van der Waals surface area contributed by atoms with Crippen LogP contribution in [0.2, 0.25) is 0 Å². The number of nitrogens with zero attached hydrogens (tertiary/aromatic N) is 3. The third kappa shape index (κ3) is 7.94. The summed E-state index contributed by atoms with van der Waals surface area (Å²) in [4.78, 5) is 18.9. The van der Waals surface area contributed by atoms with E-state index >= 15 is 0 Å². The quantitative estimate of drug-likeness (QED) is 0.295. The molecule has 0 spiro atoms. The number of nitrogens with one attached hydrogen (secondary N) is 2. The van der Waals surface area contributed by atoms with E-state index < -0.39 is 46.6 Å². The largest absolute Gasteiger partial charge is 0.495 e. The minimum absolute atomic E-state index is 0.0151. The van der Waals surface area contributed by atoms with Gasteiger partial charge in [0.05, 0.1) is 47.6 Å². The minimum atomic E-state index is -4.61. The summed E-state index contributed by atoms with van der Waals surface area (Å²) in [5, 5.41) is 5.38. The summed E-state index contributed by atoms with van der Waals surface area (Å²) in [5.41, 5.74) is 0.163. The van der Waals surface area contributed by atoms with Gasteiger partial charge in [0.2, 0.25) is 0 Å². The molecule has 4 rings (SSSR count). The fourth-order valence-corrected chi connectivity index (χ4v) is 5.56. The van der Waals surface area contributed by atoms with Crippen molar-refractivity contribution in [2.45, 2.75) is 36.3 Å². The molecule has 2 aromatic carbocycles. The summed E-state index contributed by atoms with van der Waals surface area (Å²) in [6, 6.07) is 5.54. The van der Waals surface area contributed by atoms with Crippen molar-refractivity contribution in [2.75, 3.05) is 45.4 Å². The number of carbonyl (C=O) groups excluding carboxylic acids is 1. The van der Waals surface area contributed by atoms with Crippen LogP contribution in [0.5, 0.6) is 5.75 Å². The maximum atomic E-state index is 13.8. The highest BCUT2D eigenvalue weighted by atomic mass is 32.2. The highest BCUT2D eigenvalue weighted by Gasteiger charge is 2.47. The van der Waals surface area contributed by atoms with E-state index in [9.17, 15) is 39.6 Å². The molecule has 2 unspecified atom stereocenters. The Morgan fingerprint density at radius 3 is 2.52 bits per heavy atom. The smallest absolute Gasteiger partial charge is 0.406 e. The number of alkyl halides is 6. The van der Waals surface area contributed by atoms with Gasteiger partial charge in [0, 0.05) is 30.5 Å². The van der Waals surface area contributed by atoms with Crippen LogP contribution in [0.1, 0.15) is 22.3 Å². The zero-order valence-electron chi connectivity index (χ0n) is 23.8. The van der Waals surface area contributed by atoms with Gasteiger partial charge in [0.1, 0.15) is 17.8 Å². The fraction of sp³-hybridized carbons (Fsp3) is 0.429. The first kappa shape index (κ1) is 32.9. The van der Waals surface area contributed by atoms with Crippen LogP contribution in [0.3, 0.4) is 0 Å². The van der Waals surface area contributed by atoms with Gasteiger partial charge in [0.15, 0.2) is 9.84 Å². The van der Waals surface area contributed by atoms with E-state index in [1.54, 1.807) is 7.05 Å². The van der Waals surface area contributed by atoms with Crippen LogP contribution in [-0.4, -0.2) is 87.2 Å². The maximum absolute atomic E-state index is 13.8. The highest BCUT2D eigenvalue weighted by Crippen LogP contribution is 2.34. The Kier molecular flexibility index (Phi) is 9.40. The second kappa shape index (κ2) is 12.6. The molecule has 3 aromatic rings. The van der Waals surface area contributed by atoms with Crippen molar-refractivity contribution in [3.63, 3.8) is 0 Å². The Morgan fingerprint density at radius 1 is 1.16 bits per heavy atom. The maximum Gasteiger partial charge on any atom is 0.406 e. The Labute approximate surface area is 249 Å². The van der Waals surface area contributed by atoms with Crippen LogP contribution >= 0.6 is 0 Å². The van der Waals surface area contributed by atoms with Gasteiger partial charge in [-0.1, -0.05) is 11.8 Å². The molecule has 1 aliphatic heterocycles. The van der Waals surface area contributed by atoms with E-state index in [1.807, 2.05) is 0 Å². The number of aromatic nitrogens is 2. The number of methoxy groups -OCH3 is 1. The standard InChI is InChI=1S/C28H29F6N5O4S/c1-38-10-8-21(20(14-38)28(32,33)34)37-26(40)19-11-17(12-23-25(19)36-16-39(23)15-27(29,30)31)5-4-9-35-22-7-6-18(44(3,41)42)13-24(22)43-2/h6-7,11-13,16,20-21,35H,8-10,14-15H2,1-3H3,(H,37,40). The normalized spacial score (nSPS) is 18.0. The number of halogens is 6. The molecule has 0 saturated carbocycles. The number of fused-ring (bicyclic) bond motifs is 1. The number of piperidine rings is 1. The number of carbonyl (C=O) groups is 1. The Balaban J connectivity index is 1.64. The monoisotopic (exact) mass is 645 g/mol. The van der Waals surface area contributed by atoms with Crippen LogP contribution in [0.15, 0.2) is 41.6 Å². The SMILES string of the molecule is COc1cc(S(C)(=O)=O)ccc1NCC#Cc1cc(C(=O)NC2CCN(C)CC2C(F)(F)F)c2ncn(CC(F)(F)F)c2c1. The number of sulfone groups is 1. The number of likely N-dealkylation sites (tertiary alicyclic amines) is 1. The molecule has 1 fully saturated rings. The van der Waals surface area contributed by atoms with E-state index in [-0.39, 0.29) is 52.3 Å². The van der Waals surface area contributed by atoms with Crippen molar-refractivity contribution in [2.24, 2.45) is 5.92 Å². The summed E-state index contributed by atoms with van der Waals surface area (Å²) in [5.74, 6) is 3.03. The van der Waals surface area contributed by atoms with Crippen LogP contribution in [0.25, 0.3) is 11.0 Å². The number of hydrogen-bond donors (Lipinski definition) is 2. The van der Waals surface area contributed by atoms with E-state index in [4.69, 9.17) is 4.74 Å². The second-order valence-corrected chi connectivity index (χ2v) is 12.5. The van der Waals surface area contributed by atoms with Crippen LogP contribution in [0.4, 0.5) is 32.0 Å². The Morgan fingerprint density at radius 2 is 1.89 bits per heavy atom. The number of amides is 1. The Hall–Kier alpha value is -3.97. The predicted molar refractivity (Wildman–Crippen MR) is 150 cm³/mol. The number of hydrogen-bond acceptors (Lipinski definition) is 7. The van der Waals surface area contributed by atoms with Gasteiger partial charge in [-0.05, 0) is 44.3 Å². The molecule has 1 aliphatic rings. The first-order valence-corrected chi connectivity index (χ1v) is 15.1. The molecule has 44 heavy (non-hydrogen) atoms. The Bertz CT molecular complexity index is 1710. The molecule has 0 radical (unpaired) electrons. The molecule has 2 N–H and O–H groups in total. The summed E-state index contributed by atoms with van der Waals surface area (Å²) in [7, 11) is -0.578. The van der Waals surface area contributed by atoms with Gasteiger partial charge >= 0.3 is 12.4 Å². The zero-order valence-corrected chi connectivity index (χ0v) is 24.6. The minimum Gasteiger partial charge on any atom is -0.495 e. The lowest BCUT2D eigenvalue weighted by Crippen LogP contribution is -2.54. The lowest BCUT2D eigenvalue weighted by molar-refractivity contribution is -0.191. The number of benzene rings is 2. The number of ether oxygens (including phenoxy) is 1. The fourth-order valence-electron chi connectivity index (χ4n) is 4.93. The first-order valence-electron chi connectivity index (χ1n) is 13.2. The van der Waals surface area contributed by atoms with Crippen LogP contribution < -0.4 is 15.4 Å². The van der Waals surface area contributed by atoms with Crippen molar-refractivity contribution in [3.05, 3.63) is 47.8 Å². The second-order valence-electron chi connectivity index (χ2n) is 10.4. The first-order chi connectivity index (χ1) is 20.5. The van der Waals surface area contributed by atoms with Crippen molar-refractivity contribution >= 4 is 32.5 Å². The van der Waals surface area contributed by atoms with E-state index in [0.717, 1.165) is 17.2 Å². The predicted octanol–water partition coefficient (Wildman–Crippen LogP) is 4.09. The van der Waals surface area contributed by atoms with Gasteiger partial charge < -0.3 is 24.8 Å². The molecule has 0 bridgehead atoms. The van der Waals surface area contributed by atoms with Gasteiger partial charge in [0.25, 0.3) is 5.91 Å². The van der Waals surface area contributed by atoms with Crippen molar-refractivity contribution in [3.8, 4) is 17.6 Å². The third-order valence-corrected chi connectivity index (χ3v) is 8.18. The average molecular weight is 646 g/mol. The summed E-state index contributed by atoms with van der Waals surface area (Å²) in [6.45, 7) is -1.42. The molecule has 16 heteroatoms. The van der Waals surface area contributed by atoms with Gasteiger partial charge in [-0.2, -0.15) is 26.3 Å². The van der Waals surface area contributed by atoms with Crippen molar-refractivity contribution in [1.29, 1.82) is 0 Å².